The third-order valence-corrected chi connectivity index (χ3v) is 9.42. The molecule has 5 aliphatic rings. The molecule has 226 valence electrons. The van der Waals surface area contributed by atoms with E-state index in [0.29, 0.717) is 13.0 Å². The van der Waals surface area contributed by atoms with Crippen molar-refractivity contribution in [3.8, 4) is 0 Å². The smallest absolute Gasteiger partial charge is 0.337 e. The number of carbonyl (C=O) groups is 2. The van der Waals surface area contributed by atoms with Gasteiger partial charge >= 0.3 is 11.9 Å². The van der Waals surface area contributed by atoms with Crippen LogP contribution in [0.5, 0.6) is 0 Å². The number of carboxylic acids is 1. The fourth-order valence-corrected chi connectivity index (χ4v) is 7.53. The van der Waals surface area contributed by atoms with E-state index in [9.17, 15) is 35.1 Å². The van der Waals surface area contributed by atoms with Crippen molar-refractivity contribution >= 4 is 22.8 Å². The molecule has 11 atom stereocenters. The maximum atomic E-state index is 13.0. The average Bonchev–Trinajstić information content (AvgIpc) is 3.50. The minimum absolute atomic E-state index is 0.163. The van der Waals surface area contributed by atoms with Gasteiger partial charge in [0.1, 0.15) is 30.5 Å². The van der Waals surface area contributed by atoms with Crippen molar-refractivity contribution in [1.29, 1.82) is 0 Å². The first kappa shape index (κ1) is 27.7. The Morgan fingerprint density at radius 2 is 1.93 bits per heavy atom. The highest BCUT2D eigenvalue weighted by molar-refractivity contribution is 5.89. The van der Waals surface area contributed by atoms with Crippen LogP contribution in [0.4, 0.5) is 0 Å². The Balaban J connectivity index is 1.31. The summed E-state index contributed by atoms with van der Waals surface area (Å²) in [5, 5.41) is 52.2. The first-order valence-electron chi connectivity index (χ1n) is 13.9. The number of carboxylic acid groups (broad SMARTS) is 1. The largest absolute Gasteiger partial charge is 0.480 e. The van der Waals surface area contributed by atoms with Crippen molar-refractivity contribution in [2.75, 3.05) is 20.3 Å². The maximum Gasteiger partial charge on any atom is 0.337 e. The molecule has 6 N–H and O–H groups in total. The Labute approximate surface area is 239 Å². The lowest BCUT2D eigenvalue weighted by atomic mass is 9.73. The van der Waals surface area contributed by atoms with E-state index in [0.717, 1.165) is 22.2 Å². The van der Waals surface area contributed by atoms with E-state index in [-0.39, 0.29) is 12.0 Å². The van der Waals surface area contributed by atoms with Gasteiger partial charge in [-0.3, -0.25) is 9.69 Å². The van der Waals surface area contributed by atoms with Gasteiger partial charge in [0.25, 0.3) is 0 Å². The molecule has 0 saturated carbocycles. The van der Waals surface area contributed by atoms with Crippen LogP contribution in [0.25, 0.3) is 10.9 Å². The summed E-state index contributed by atoms with van der Waals surface area (Å²) in [5.74, 6) is -3.33. The zero-order chi connectivity index (χ0) is 29.5. The third-order valence-electron chi connectivity index (χ3n) is 9.42. The van der Waals surface area contributed by atoms with E-state index in [1.54, 1.807) is 0 Å². The Bertz CT molecular complexity index is 1440. The molecule has 2 aromatic rings. The van der Waals surface area contributed by atoms with Crippen LogP contribution < -0.4 is 0 Å². The van der Waals surface area contributed by atoms with Gasteiger partial charge in [0.05, 0.1) is 43.3 Å². The Kier molecular flexibility index (Phi) is 6.60. The van der Waals surface area contributed by atoms with Crippen molar-refractivity contribution < 1.29 is 58.8 Å². The van der Waals surface area contributed by atoms with Crippen molar-refractivity contribution in [2.24, 2.45) is 11.8 Å². The minimum Gasteiger partial charge on any atom is -0.480 e. The molecule has 0 amide bonds. The molecule has 7 rings (SSSR count). The highest BCUT2D eigenvalue weighted by atomic mass is 16.8. The number of H-pyrrole nitrogens is 1. The standard InChI is InChI=1S/C28H32N2O12/c1-38-25(37)14-10-39-26(41-27-21(34)20(33)19(32)16(9-31)40-27)17-13(14)8-28-23-12(11-4-2-3-5-15(11)29-23)6-7-30(28)18(24(35)36)22(17)42-28/h2-5,10,13,16-22,26-27,29,31-34H,6-9H2,1H3,(H,35,36)/t13-,16-,17+,18+,19-,20+,21-,22-,26+,27+,28+/m1/s1. The predicted octanol–water partition coefficient (Wildman–Crippen LogP) is -1.10. The molecule has 42 heavy (non-hydrogen) atoms. The summed E-state index contributed by atoms with van der Waals surface area (Å²) >= 11 is 0. The number of aliphatic hydroxyl groups is 4. The van der Waals surface area contributed by atoms with Crippen LogP contribution in [0, 0.1) is 11.8 Å². The summed E-state index contributed by atoms with van der Waals surface area (Å²) in [6.45, 7) is -0.274. The predicted molar refractivity (Wildman–Crippen MR) is 138 cm³/mol. The molecule has 14 heteroatoms. The monoisotopic (exact) mass is 588 g/mol. The summed E-state index contributed by atoms with van der Waals surface area (Å²) in [6.07, 6.45) is -8.17. The molecule has 2 bridgehead atoms. The number of aromatic amines is 1. The zero-order valence-corrected chi connectivity index (χ0v) is 22.5. The van der Waals surface area contributed by atoms with Gasteiger partial charge < -0.3 is 54.2 Å². The van der Waals surface area contributed by atoms with Crippen molar-refractivity contribution in [3.63, 3.8) is 0 Å². The van der Waals surface area contributed by atoms with Crippen molar-refractivity contribution in [2.45, 2.75) is 67.7 Å². The molecule has 1 spiro atoms. The van der Waals surface area contributed by atoms with E-state index < -0.39 is 85.2 Å². The normalized spacial score (nSPS) is 40.8. The number of nitrogens with zero attached hydrogens (tertiary/aromatic N) is 1. The van der Waals surface area contributed by atoms with E-state index in [2.05, 4.69) is 4.98 Å². The molecule has 14 nitrogen and oxygen atoms in total. The summed E-state index contributed by atoms with van der Waals surface area (Å²) in [6, 6.07) is 6.66. The quantitative estimate of drug-likeness (QED) is 0.230. The van der Waals surface area contributed by atoms with E-state index in [1.807, 2.05) is 29.2 Å². The van der Waals surface area contributed by atoms with Crippen LogP contribution in [0.3, 0.4) is 0 Å². The highest BCUT2D eigenvalue weighted by Crippen LogP contribution is 2.59. The number of nitrogens with one attached hydrogen (secondary N) is 1. The summed E-state index contributed by atoms with van der Waals surface area (Å²) in [4.78, 5) is 31.1. The van der Waals surface area contributed by atoms with Gasteiger partial charge in [-0.2, -0.15) is 0 Å². The molecule has 3 fully saturated rings. The SMILES string of the molecule is COC(=O)C1=CO[C@@H](O[C@@H]2O[C@H](CO)[C@@H](O)[C@H](O)[C@H]2O)[C@@H]2[C@H]3O[C@@]4(C[C@H]12)c1[nH]c2ccccc2c1CCN4[C@@H]3C(=O)O. The summed E-state index contributed by atoms with van der Waals surface area (Å²) in [5.41, 5.74) is 1.64. The number of hydrogen-bond donors (Lipinski definition) is 6. The lowest BCUT2D eigenvalue weighted by molar-refractivity contribution is -0.350. The van der Waals surface area contributed by atoms with Crippen LogP contribution in [-0.4, -0.2) is 117 Å². The Morgan fingerprint density at radius 3 is 2.67 bits per heavy atom. The van der Waals surface area contributed by atoms with Crippen LogP contribution in [0.2, 0.25) is 0 Å². The number of ether oxygens (including phenoxy) is 5. The number of hydrogen-bond acceptors (Lipinski definition) is 12. The number of fused-ring (bicyclic) bond motifs is 6. The van der Waals surface area contributed by atoms with E-state index in [4.69, 9.17) is 23.7 Å². The molecule has 3 saturated heterocycles. The van der Waals surface area contributed by atoms with Gasteiger partial charge in [-0.1, -0.05) is 18.2 Å². The summed E-state index contributed by atoms with van der Waals surface area (Å²) in [7, 11) is 1.24. The first-order valence-corrected chi connectivity index (χ1v) is 13.9. The molecule has 0 aliphatic carbocycles. The van der Waals surface area contributed by atoms with Gasteiger partial charge in [0.15, 0.2) is 12.0 Å². The highest BCUT2D eigenvalue weighted by Gasteiger charge is 2.69. The van der Waals surface area contributed by atoms with Gasteiger partial charge in [-0.15, -0.1) is 0 Å². The Morgan fingerprint density at radius 1 is 1.14 bits per heavy atom. The van der Waals surface area contributed by atoms with Crippen LogP contribution in [-0.2, 0) is 45.4 Å². The van der Waals surface area contributed by atoms with Crippen LogP contribution >= 0.6 is 0 Å². The van der Waals surface area contributed by atoms with Gasteiger partial charge in [-0.25, -0.2) is 4.79 Å². The van der Waals surface area contributed by atoms with Gasteiger partial charge in [0, 0.05) is 29.8 Å². The Hall–Kier alpha value is -3.08. The maximum absolute atomic E-state index is 13.0. The van der Waals surface area contributed by atoms with Crippen molar-refractivity contribution in [1.82, 2.24) is 9.88 Å². The number of methoxy groups -OCH3 is 1. The first-order chi connectivity index (χ1) is 20.2. The fraction of sp³-hybridized carbons (Fsp3) is 0.571. The van der Waals surface area contributed by atoms with Crippen molar-refractivity contribution in [3.05, 3.63) is 47.4 Å². The zero-order valence-electron chi connectivity index (χ0n) is 22.5. The van der Waals surface area contributed by atoms with Crippen LogP contribution in [0.1, 0.15) is 17.7 Å². The number of rotatable bonds is 5. The number of aliphatic hydroxyl groups excluding tert-OH is 4. The molecule has 1 aromatic heterocycles. The molecular weight excluding hydrogens is 556 g/mol. The molecule has 5 aliphatic heterocycles. The number of esters is 1. The second-order valence-corrected chi connectivity index (χ2v) is 11.4. The topological polar surface area (TPSA) is 200 Å². The van der Waals surface area contributed by atoms with Gasteiger partial charge in [0.2, 0.25) is 6.29 Å². The van der Waals surface area contributed by atoms with Crippen LogP contribution in [0.15, 0.2) is 36.1 Å². The number of benzene rings is 1. The number of aromatic nitrogens is 1. The second-order valence-electron chi connectivity index (χ2n) is 11.4. The third kappa shape index (κ3) is 3.80. The molecule has 1 aromatic carbocycles. The lowest BCUT2D eigenvalue weighted by Crippen LogP contribution is -2.61. The second kappa shape index (κ2) is 9.99. The van der Waals surface area contributed by atoms with E-state index >= 15 is 0 Å². The minimum atomic E-state index is -1.72. The number of carbonyl (C=O) groups excluding carboxylic acids is 1. The van der Waals surface area contributed by atoms with E-state index in [1.165, 1.54) is 13.4 Å². The van der Waals surface area contributed by atoms with Gasteiger partial charge in [-0.05, 0) is 18.1 Å². The molecule has 0 radical (unpaired) electrons. The fourth-order valence-electron chi connectivity index (χ4n) is 7.53. The summed E-state index contributed by atoms with van der Waals surface area (Å²) < 4.78 is 29.1. The average molecular weight is 589 g/mol. The lowest BCUT2D eigenvalue weighted by Gasteiger charge is -2.49. The number of para-hydroxylation sites is 1. The molecule has 0 unspecified atom stereocenters. The molecular formula is C28H32N2O12. The number of aliphatic carboxylic acids is 1. The molecule has 6 heterocycles.